The van der Waals surface area contributed by atoms with Crippen LogP contribution in [0.25, 0.3) is 0 Å². The lowest BCUT2D eigenvalue weighted by Crippen LogP contribution is -2.64. The molecule has 0 aromatic carbocycles. The van der Waals surface area contributed by atoms with Crippen LogP contribution in [-0.4, -0.2) is 43.4 Å². The van der Waals surface area contributed by atoms with Crippen LogP contribution in [0.3, 0.4) is 0 Å². The van der Waals surface area contributed by atoms with Crippen LogP contribution in [0.2, 0.25) is 18.1 Å². The second kappa shape index (κ2) is 6.13. The van der Waals surface area contributed by atoms with Crippen LogP contribution in [0.1, 0.15) is 54.4 Å². The second-order valence-corrected chi connectivity index (χ2v) is 13.7. The Morgan fingerprint density at radius 3 is 2.09 bits per heavy atom. The Morgan fingerprint density at radius 1 is 1.23 bits per heavy atom. The first kappa shape index (κ1) is 19.5. The zero-order valence-corrected chi connectivity index (χ0v) is 16.4. The predicted octanol–water partition coefficient (Wildman–Crippen LogP) is 3.43. The van der Waals surface area contributed by atoms with E-state index in [1.54, 1.807) is 0 Å². The Morgan fingerprint density at radius 2 is 1.73 bits per heavy atom. The summed E-state index contributed by atoms with van der Waals surface area (Å²) in [5.41, 5.74) is -1.14. The van der Waals surface area contributed by atoms with E-state index in [1.165, 1.54) is 0 Å². The Labute approximate surface area is 135 Å². The lowest BCUT2D eigenvalue weighted by atomic mass is 9.75. The number of amides is 1. The fourth-order valence-corrected chi connectivity index (χ4v) is 3.63. The molecule has 0 unspecified atom stereocenters. The maximum atomic E-state index is 11.9. The minimum Gasteiger partial charge on any atom is -0.444 e. The molecule has 6 heteroatoms. The summed E-state index contributed by atoms with van der Waals surface area (Å²) in [7, 11) is -1.82. The van der Waals surface area contributed by atoms with Crippen molar-refractivity contribution < 1.29 is 19.1 Å². The number of aliphatic hydroxyl groups is 1. The second-order valence-electron chi connectivity index (χ2n) is 8.97. The summed E-state index contributed by atoms with van der Waals surface area (Å²) >= 11 is 0. The number of aliphatic hydroxyl groups excluding tert-OH is 1. The van der Waals surface area contributed by atoms with Gasteiger partial charge < -0.3 is 19.6 Å². The molecule has 2 N–H and O–H groups in total. The van der Waals surface area contributed by atoms with Crippen molar-refractivity contribution in [2.75, 3.05) is 6.61 Å². The summed E-state index contributed by atoms with van der Waals surface area (Å²) in [6.45, 7) is 16.4. The molecule has 0 saturated heterocycles. The molecule has 0 spiro atoms. The van der Waals surface area contributed by atoms with E-state index in [0.29, 0.717) is 12.8 Å². The van der Waals surface area contributed by atoms with Crippen molar-refractivity contribution in [3.8, 4) is 0 Å². The van der Waals surface area contributed by atoms with Gasteiger partial charge in [0.1, 0.15) is 5.60 Å². The Balaban J connectivity index is 2.56. The molecule has 1 aliphatic rings. The first-order valence-corrected chi connectivity index (χ1v) is 10.9. The summed E-state index contributed by atoms with van der Waals surface area (Å²) in [4.78, 5) is 11.9. The molecule has 0 bridgehead atoms. The topological polar surface area (TPSA) is 67.8 Å². The van der Waals surface area contributed by atoms with Crippen molar-refractivity contribution in [3.63, 3.8) is 0 Å². The third kappa shape index (κ3) is 4.96. The van der Waals surface area contributed by atoms with Gasteiger partial charge in [0.05, 0.1) is 12.1 Å². The highest BCUT2D eigenvalue weighted by molar-refractivity contribution is 6.74. The fraction of sp³-hybridized carbons (Fsp3) is 0.938. The molecule has 0 aromatic rings. The molecular weight excluding hydrogens is 298 g/mol. The number of hydrogen-bond acceptors (Lipinski definition) is 4. The number of carbonyl (C=O) groups excluding carboxylic acids is 1. The van der Waals surface area contributed by atoms with Gasteiger partial charge in [-0.3, -0.25) is 0 Å². The van der Waals surface area contributed by atoms with Crippen LogP contribution in [0.15, 0.2) is 0 Å². The minimum absolute atomic E-state index is 0.0936. The summed E-state index contributed by atoms with van der Waals surface area (Å²) < 4.78 is 11.6. The standard InChI is InChI=1S/C16H33NO4Si/c1-14(2,3)20-13(19)17-16(11-18)9-12(10-16)21-22(7,8)15(4,5)6/h12,18H,9-11H2,1-8H3,(H,17,19). The van der Waals surface area contributed by atoms with E-state index in [4.69, 9.17) is 9.16 Å². The van der Waals surface area contributed by atoms with Crippen molar-refractivity contribution in [2.24, 2.45) is 0 Å². The molecule has 1 fully saturated rings. The highest BCUT2D eigenvalue weighted by Gasteiger charge is 2.50. The van der Waals surface area contributed by atoms with Gasteiger partial charge in [-0.05, 0) is 51.7 Å². The Kier molecular flexibility index (Phi) is 5.42. The van der Waals surface area contributed by atoms with Crippen LogP contribution >= 0.6 is 0 Å². The van der Waals surface area contributed by atoms with E-state index in [1.807, 2.05) is 20.8 Å². The van der Waals surface area contributed by atoms with E-state index in [0.717, 1.165) is 0 Å². The largest absolute Gasteiger partial charge is 0.444 e. The van der Waals surface area contributed by atoms with Gasteiger partial charge in [0.2, 0.25) is 0 Å². The molecule has 1 aliphatic carbocycles. The van der Waals surface area contributed by atoms with E-state index in [-0.39, 0.29) is 17.7 Å². The third-order valence-corrected chi connectivity index (χ3v) is 9.11. The molecule has 130 valence electrons. The number of alkyl carbamates (subject to hydrolysis) is 1. The first-order chi connectivity index (χ1) is 9.70. The van der Waals surface area contributed by atoms with Crippen molar-refractivity contribution >= 4 is 14.4 Å². The number of nitrogens with one attached hydrogen (secondary N) is 1. The summed E-state index contributed by atoms with van der Waals surface area (Å²) in [6, 6.07) is 0. The first-order valence-electron chi connectivity index (χ1n) is 8.00. The lowest BCUT2D eigenvalue weighted by Gasteiger charge is -2.50. The number of hydrogen-bond donors (Lipinski definition) is 2. The van der Waals surface area contributed by atoms with Gasteiger partial charge in [0.25, 0.3) is 0 Å². The zero-order valence-electron chi connectivity index (χ0n) is 15.4. The maximum Gasteiger partial charge on any atom is 0.408 e. The molecule has 0 atom stereocenters. The van der Waals surface area contributed by atoms with E-state index in [9.17, 15) is 9.90 Å². The quantitative estimate of drug-likeness (QED) is 0.775. The molecule has 1 amide bonds. The smallest absolute Gasteiger partial charge is 0.408 e. The van der Waals surface area contributed by atoms with Gasteiger partial charge in [0, 0.05) is 6.10 Å². The van der Waals surface area contributed by atoms with E-state index < -0.39 is 25.6 Å². The van der Waals surface area contributed by atoms with Gasteiger partial charge in [-0.15, -0.1) is 0 Å². The van der Waals surface area contributed by atoms with E-state index >= 15 is 0 Å². The molecule has 0 heterocycles. The van der Waals surface area contributed by atoms with Gasteiger partial charge in [-0.1, -0.05) is 20.8 Å². The van der Waals surface area contributed by atoms with Crippen LogP contribution in [0.5, 0.6) is 0 Å². The van der Waals surface area contributed by atoms with Gasteiger partial charge in [-0.2, -0.15) is 0 Å². The third-order valence-electron chi connectivity index (χ3n) is 4.57. The fourth-order valence-electron chi connectivity index (χ4n) is 2.28. The summed E-state index contributed by atoms with van der Waals surface area (Å²) in [5, 5.41) is 12.6. The molecule has 1 saturated carbocycles. The molecule has 5 nitrogen and oxygen atoms in total. The molecule has 1 rings (SSSR count). The average Bonchev–Trinajstić information content (AvgIpc) is 2.20. The lowest BCUT2D eigenvalue weighted by molar-refractivity contribution is -0.0280. The Hall–Kier alpha value is -0.593. The number of ether oxygens (including phenoxy) is 1. The van der Waals surface area contributed by atoms with Gasteiger partial charge >= 0.3 is 6.09 Å². The summed E-state index contributed by atoms with van der Waals surface area (Å²) in [5.74, 6) is 0. The molecule has 0 radical (unpaired) electrons. The van der Waals surface area contributed by atoms with Gasteiger partial charge in [-0.25, -0.2) is 4.79 Å². The summed E-state index contributed by atoms with van der Waals surface area (Å²) in [6.07, 6.45) is 0.889. The maximum absolute atomic E-state index is 11.9. The van der Waals surface area contributed by atoms with Crippen molar-refractivity contribution in [3.05, 3.63) is 0 Å². The average molecular weight is 332 g/mol. The van der Waals surface area contributed by atoms with Gasteiger partial charge in [0.15, 0.2) is 8.32 Å². The van der Waals surface area contributed by atoms with Crippen LogP contribution in [-0.2, 0) is 9.16 Å². The van der Waals surface area contributed by atoms with Crippen molar-refractivity contribution in [1.29, 1.82) is 0 Å². The van der Waals surface area contributed by atoms with Crippen LogP contribution < -0.4 is 5.32 Å². The van der Waals surface area contributed by atoms with Crippen molar-refractivity contribution in [2.45, 2.75) is 89.8 Å². The molecule has 0 aliphatic heterocycles. The van der Waals surface area contributed by atoms with E-state index in [2.05, 4.69) is 39.2 Å². The number of carbonyl (C=O) groups is 1. The highest BCUT2D eigenvalue weighted by Crippen LogP contribution is 2.42. The monoisotopic (exact) mass is 331 g/mol. The zero-order chi connectivity index (χ0) is 17.4. The SMILES string of the molecule is CC(C)(C)OC(=O)NC1(CO)CC(O[Si](C)(C)C(C)(C)C)C1. The predicted molar refractivity (Wildman–Crippen MR) is 90.5 cm³/mol. The number of rotatable bonds is 4. The highest BCUT2D eigenvalue weighted by atomic mass is 28.4. The van der Waals surface area contributed by atoms with Crippen molar-refractivity contribution in [1.82, 2.24) is 5.32 Å². The van der Waals surface area contributed by atoms with Crippen LogP contribution in [0.4, 0.5) is 4.79 Å². The minimum atomic E-state index is -1.82. The normalized spacial score (nSPS) is 26.3. The Bertz CT molecular complexity index is 403. The molecule has 22 heavy (non-hydrogen) atoms. The molecule has 0 aromatic heterocycles. The van der Waals surface area contributed by atoms with Crippen LogP contribution in [0, 0.1) is 0 Å². The molecular formula is C16H33NO4Si.